The molecule has 0 fully saturated rings. The van der Waals surface area contributed by atoms with Gasteiger partial charge in [-0.1, -0.05) is 0 Å². The minimum atomic E-state index is -4.86. The van der Waals surface area contributed by atoms with Crippen LogP contribution in [0.15, 0.2) is 35.1 Å². The average Bonchev–Trinajstić information content (AvgIpc) is 2.35. The van der Waals surface area contributed by atoms with Crippen LogP contribution in [0.4, 0.5) is 13.2 Å². The minimum Gasteiger partial charge on any atom is -0.478 e. The fourth-order valence-corrected chi connectivity index (χ4v) is 2.00. The Morgan fingerprint density at radius 1 is 1.45 bits per heavy atom. The highest BCUT2D eigenvalue weighted by molar-refractivity contribution is 5.89. The Labute approximate surface area is 110 Å². The third-order valence-electron chi connectivity index (χ3n) is 2.89. The molecule has 1 heterocycles. The third-order valence-corrected chi connectivity index (χ3v) is 2.89. The van der Waals surface area contributed by atoms with Gasteiger partial charge in [0.25, 0.3) is 5.70 Å². The van der Waals surface area contributed by atoms with Crippen molar-refractivity contribution in [1.29, 1.82) is 0 Å². The number of hydrogen-bond acceptors (Lipinski definition) is 4. The SMILES string of the molecule is O=C(O)C1=CC2=CC([N+](=O)[O-])=CCC2OC1C(F)(F)F. The van der Waals surface area contributed by atoms with Gasteiger partial charge in [-0.2, -0.15) is 13.2 Å². The summed E-state index contributed by atoms with van der Waals surface area (Å²) in [4.78, 5) is 20.8. The minimum absolute atomic E-state index is 0.0529. The molecule has 2 unspecified atom stereocenters. The van der Waals surface area contributed by atoms with Gasteiger partial charge in [0.15, 0.2) is 6.10 Å². The van der Waals surface area contributed by atoms with Crippen LogP contribution in [-0.2, 0) is 9.53 Å². The highest BCUT2D eigenvalue weighted by atomic mass is 19.4. The zero-order chi connectivity index (χ0) is 15.1. The lowest BCUT2D eigenvalue weighted by atomic mass is 9.92. The fourth-order valence-electron chi connectivity index (χ4n) is 2.00. The first-order chi connectivity index (χ1) is 9.20. The summed E-state index contributed by atoms with van der Waals surface area (Å²) in [6.07, 6.45) is -5.59. The molecule has 0 spiro atoms. The molecule has 0 bridgehead atoms. The maximum atomic E-state index is 12.7. The monoisotopic (exact) mass is 291 g/mol. The fraction of sp³-hybridized carbons (Fsp3) is 0.364. The van der Waals surface area contributed by atoms with E-state index in [-0.39, 0.29) is 17.7 Å². The number of carbonyl (C=O) groups is 1. The summed E-state index contributed by atoms with van der Waals surface area (Å²) in [5.74, 6) is -1.77. The number of carboxylic acid groups (broad SMARTS) is 1. The van der Waals surface area contributed by atoms with Crippen molar-refractivity contribution < 1.29 is 32.7 Å². The van der Waals surface area contributed by atoms with Gasteiger partial charge in [-0.25, -0.2) is 4.79 Å². The lowest BCUT2D eigenvalue weighted by Gasteiger charge is -2.32. The van der Waals surface area contributed by atoms with E-state index < -0.39 is 34.8 Å². The Morgan fingerprint density at radius 3 is 2.60 bits per heavy atom. The van der Waals surface area contributed by atoms with E-state index in [2.05, 4.69) is 0 Å². The van der Waals surface area contributed by atoms with Gasteiger partial charge in [0.2, 0.25) is 0 Å². The Balaban J connectivity index is 2.43. The van der Waals surface area contributed by atoms with Crippen molar-refractivity contribution in [3.05, 3.63) is 45.2 Å². The number of aliphatic carboxylic acids is 1. The van der Waals surface area contributed by atoms with E-state index in [0.29, 0.717) is 0 Å². The summed E-state index contributed by atoms with van der Waals surface area (Å²) in [5.41, 5.74) is -1.23. The van der Waals surface area contributed by atoms with E-state index in [4.69, 9.17) is 9.84 Å². The Morgan fingerprint density at radius 2 is 2.10 bits per heavy atom. The van der Waals surface area contributed by atoms with Crippen molar-refractivity contribution in [2.75, 3.05) is 0 Å². The van der Waals surface area contributed by atoms with Crippen LogP contribution < -0.4 is 0 Å². The molecule has 9 heteroatoms. The molecule has 1 aliphatic carbocycles. The van der Waals surface area contributed by atoms with Gasteiger partial charge in [0.05, 0.1) is 16.6 Å². The lowest BCUT2D eigenvalue weighted by Crippen LogP contribution is -2.42. The zero-order valence-corrected chi connectivity index (χ0v) is 9.76. The molecule has 0 amide bonds. The second-order valence-corrected chi connectivity index (χ2v) is 4.22. The summed E-state index contributed by atoms with van der Waals surface area (Å²) >= 11 is 0. The van der Waals surface area contributed by atoms with Crippen molar-refractivity contribution >= 4 is 5.97 Å². The van der Waals surface area contributed by atoms with Crippen LogP contribution in [0.2, 0.25) is 0 Å². The standard InChI is InChI=1S/C11H8F3NO5/c12-11(13,14)9-7(10(16)17)4-5-3-6(15(18)19)1-2-8(5)20-9/h1,3-4,8-9H,2H2,(H,16,17). The molecule has 0 aromatic heterocycles. The molecule has 2 aliphatic rings. The zero-order valence-electron chi connectivity index (χ0n) is 9.76. The van der Waals surface area contributed by atoms with Crippen LogP contribution in [0, 0.1) is 10.1 Å². The molecule has 0 aromatic rings. The molecule has 1 N–H and O–H groups in total. The van der Waals surface area contributed by atoms with Crippen molar-refractivity contribution in [3.63, 3.8) is 0 Å². The van der Waals surface area contributed by atoms with Gasteiger partial charge < -0.3 is 9.84 Å². The summed E-state index contributed by atoms with van der Waals surface area (Å²) < 4.78 is 43.0. The molecule has 0 saturated heterocycles. The average molecular weight is 291 g/mol. The number of fused-ring (bicyclic) bond motifs is 1. The summed E-state index contributed by atoms with van der Waals surface area (Å²) in [6, 6.07) is 0. The van der Waals surface area contributed by atoms with Gasteiger partial charge in [-0.05, 0) is 17.7 Å². The molecule has 0 radical (unpaired) electrons. The number of nitrogens with zero attached hydrogens (tertiary/aromatic N) is 1. The quantitative estimate of drug-likeness (QED) is 0.619. The third kappa shape index (κ3) is 2.57. The van der Waals surface area contributed by atoms with Crippen molar-refractivity contribution in [2.45, 2.75) is 24.8 Å². The van der Waals surface area contributed by atoms with Gasteiger partial charge in [-0.3, -0.25) is 10.1 Å². The first-order valence-electron chi connectivity index (χ1n) is 5.43. The lowest BCUT2D eigenvalue weighted by molar-refractivity contribution is -0.419. The maximum Gasteiger partial charge on any atom is 0.419 e. The van der Waals surface area contributed by atoms with E-state index in [0.717, 1.165) is 18.2 Å². The molecule has 0 aromatic carbocycles. The van der Waals surface area contributed by atoms with Crippen LogP contribution in [-0.4, -0.2) is 34.4 Å². The summed E-state index contributed by atoms with van der Waals surface area (Å²) in [6.45, 7) is 0. The van der Waals surface area contributed by atoms with E-state index >= 15 is 0 Å². The van der Waals surface area contributed by atoms with E-state index in [1.54, 1.807) is 0 Å². The smallest absolute Gasteiger partial charge is 0.419 e. The van der Waals surface area contributed by atoms with Crippen molar-refractivity contribution in [2.24, 2.45) is 0 Å². The van der Waals surface area contributed by atoms with Crippen molar-refractivity contribution in [3.8, 4) is 0 Å². The van der Waals surface area contributed by atoms with Gasteiger partial charge >= 0.3 is 12.1 Å². The number of allylic oxidation sites excluding steroid dienone is 1. The first-order valence-corrected chi connectivity index (χ1v) is 5.43. The Hall–Kier alpha value is -2.16. The van der Waals surface area contributed by atoms with E-state index in [1.165, 1.54) is 0 Å². The van der Waals surface area contributed by atoms with E-state index in [1.807, 2.05) is 0 Å². The molecule has 108 valence electrons. The van der Waals surface area contributed by atoms with Crippen LogP contribution in [0.25, 0.3) is 0 Å². The largest absolute Gasteiger partial charge is 0.478 e. The second-order valence-electron chi connectivity index (χ2n) is 4.22. The first kappa shape index (κ1) is 14.3. The number of nitro groups is 1. The van der Waals surface area contributed by atoms with Crippen molar-refractivity contribution in [1.82, 2.24) is 0 Å². The van der Waals surface area contributed by atoms with Gasteiger partial charge in [-0.15, -0.1) is 0 Å². The summed E-state index contributed by atoms with van der Waals surface area (Å²) in [5, 5.41) is 19.4. The van der Waals surface area contributed by atoms with Crippen LogP contribution in [0.3, 0.4) is 0 Å². The highest BCUT2D eigenvalue weighted by Gasteiger charge is 2.49. The number of hydrogen-bond donors (Lipinski definition) is 1. The summed E-state index contributed by atoms with van der Waals surface area (Å²) in [7, 11) is 0. The molecule has 6 nitrogen and oxygen atoms in total. The molecule has 0 saturated carbocycles. The molecular weight excluding hydrogens is 283 g/mol. The molecule has 2 atom stereocenters. The van der Waals surface area contributed by atoms with Crippen LogP contribution in [0.1, 0.15) is 6.42 Å². The molecule has 20 heavy (non-hydrogen) atoms. The number of ether oxygens (including phenoxy) is 1. The highest BCUT2D eigenvalue weighted by Crippen LogP contribution is 2.37. The normalized spacial score (nSPS) is 26.1. The van der Waals surface area contributed by atoms with Gasteiger partial charge in [0.1, 0.15) is 0 Å². The number of halogens is 3. The number of carboxylic acids is 1. The van der Waals surface area contributed by atoms with E-state index in [9.17, 15) is 28.1 Å². The number of rotatable bonds is 2. The van der Waals surface area contributed by atoms with Crippen LogP contribution in [0.5, 0.6) is 0 Å². The predicted octanol–water partition coefficient (Wildman–Crippen LogP) is 1.82. The second kappa shape index (κ2) is 4.75. The molecule has 2 rings (SSSR count). The number of alkyl halides is 3. The molecule has 1 aliphatic heterocycles. The predicted molar refractivity (Wildman–Crippen MR) is 58.2 cm³/mol. The molecular formula is C11H8F3NO5. The van der Waals surface area contributed by atoms with Crippen LogP contribution >= 0.6 is 0 Å². The Bertz CT molecular complexity index is 561. The van der Waals surface area contributed by atoms with Gasteiger partial charge in [0, 0.05) is 12.5 Å². The maximum absolute atomic E-state index is 12.7. The topological polar surface area (TPSA) is 89.7 Å². The Kier molecular flexibility index (Phi) is 3.38.